The van der Waals surface area contributed by atoms with Gasteiger partial charge in [-0.05, 0) is 43.7 Å². The number of carbonyl (C=O) groups excluding carboxylic acids is 1. The highest BCUT2D eigenvalue weighted by Crippen LogP contribution is 2.44. The number of carbonyl (C=O) groups is 1. The molecule has 0 saturated heterocycles. The van der Waals surface area contributed by atoms with Gasteiger partial charge in [0.1, 0.15) is 17.0 Å². The van der Waals surface area contributed by atoms with Crippen molar-refractivity contribution in [3.8, 4) is 34.5 Å². The third-order valence-corrected chi connectivity index (χ3v) is 7.54. The van der Waals surface area contributed by atoms with Gasteiger partial charge in [0, 0.05) is 23.6 Å². The lowest BCUT2D eigenvalue weighted by Gasteiger charge is -2.26. The molecular weight excluding hydrogens is 604 g/mol. The van der Waals surface area contributed by atoms with E-state index >= 15 is 8.78 Å². The molecule has 13 heteroatoms. The highest BCUT2D eigenvalue weighted by atomic mass is 19.3. The van der Waals surface area contributed by atoms with Crippen molar-refractivity contribution < 1.29 is 31.5 Å². The summed E-state index contributed by atoms with van der Waals surface area (Å²) in [4.78, 5) is 19.0. The third kappa shape index (κ3) is 6.12. The largest absolute Gasteiger partial charge is 0.428 e. The number of ether oxygens (including phenoxy) is 1. The lowest BCUT2D eigenvalue weighted by molar-refractivity contribution is -0.131. The van der Waals surface area contributed by atoms with Crippen molar-refractivity contribution in [3.63, 3.8) is 0 Å². The van der Waals surface area contributed by atoms with Crippen LogP contribution in [0.5, 0.6) is 5.75 Å². The molecule has 1 aliphatic heterocycles. The Morgan fingerprint density at radius 2 is 1.91 bits per heavy atom. The van der Waals surface area contributed by atoms with Crippen LogP contribution in [0.1, 0.15) is 37.3 Å². The van der Waals surface area contributed by atoms with Crippen molar-refractivity contribution in [1.29, 1.82) is 5.26 Å². The number of benzene rings is 2. The van der Waals surface area contributed by atoms with Crippen LogP contribution in [0.3, 0.4) is 0 Å². The predicted octanol–water partition coefficient (Wildman–Crippen LogP) is 6.51. The number of amides is 1. The molecular formula is C33H28F4N6O3. The molecule has 0 saturated carbocycles. The molecule has 0 spiro atoms. The molecule has 2 N–H and O–H groups in total. The first-order valence-electron chi connectivity index (χ1n) is 13.9. The number of nitrogens with two attached hydrogens (primary N) is 1. The fraction of sp³-hybridized carbons (Fsp3) is 0.242. The lowest BCUT2D eigenvalue weighted by atomic mass is 9.88. The summed E-state index contributed by atoms with van der Waals surface area (Å²) in [5.74, 6) is -1.97. The Morgan fingerprint density at radius 3 is 2.52 bits per heavy atom. The summed E-state index contributed by atoms with van der Waals surface area (Å²) in [5.41, 5.74) is 4.01. The Morgan fingerprint density at radius 1 is 1.20 bits per heavy atom. The van der Waals surface area contributed by atoms with Gasteiger partial charge in [0.2, 0.25) is 11.8 Å². The van der Waals surface area contributed by atoms with E-state index in [1.807, 2.05) is 6.07 Å². The Kier molecular flexibility index (Phi) is 8.27. The monoisotopic (exact) mass is 632 g/mol. The van der Waals surface area contributed by atoms with Crippen LogP contribution in [0.4, 0.5) is 23.2 Å². The quantitative estimate of drug-likeness (QED) is 0.163. The number of aromatic nitrogens is 3. The SMILES string of the molecule is C=CC(F)(F)Oc1ccc(-c2ccc(CN3C(=O)[C@H](N)CC(F)(C=C)c4cc(F)c(-c5nnc(C(C)(C)C#N)o5)cc43)cc2)nc1. The second-order valence-electron chi connectivity index (χ2n) is 11.2. The number of hydrogen-bond acceptors (Lipinski definition) is 8. The second kappa shape index (κ2) is 11.9. The van der Waals surface area contributed by atoms with E-state index in [-0.39, 0.29) is 40.9 Å². The van der Waals surface area contributed by atoms with Crippen LogP contribution in [0.15, 0.2) is 84.5 Å². The summed E-state index contributed by atoms with van der Waals surface area (Å²) in [5, 5.41) is 17.2. The molecule has 0 bridgehead atoms. The molecule has 1 unspecified atom stereocenters. The summed E-state index contributed by atoms with van der Waals surface area (Å²) < 4.78 is 68.9. The molecule has 46 heavy (non-hydrogen) atoms. The Balaban J connectivity index is 1.50. The van der Waals surface area contributed by atoms with Crippen molar-refractivity contribution in [3.05, 3.63) is 103 Å². The van der Waals surface area contributed by atoms with Crippen LogP contribution < -0.4 is 15.4 Å². The van der Waals surface area contributed by atoms with E-state index in [1.54, 1.807) is 38.1 Å². The highest BCUT2D eigenvalue weighted by molar-refractivity contribution is 5.99. The van der Waals surface area contributed by atoms with Crippen LogP contribution in [-0.2, 0) is 22.4 Å². The molecule has 3 heterocycles. The lowest BCUT2D eigenvalue weighted by Crippen LogP contribution is -2.43. The summed E-state index contributed by atoms with van der Waals surface area (Å²) in [6.45, 7) is 9.63. The third-order valence-electron chi connectivity index (χ3n) is 7.54. The maximum atomic E-state index is 16.3. The van der Waals surface area contributed by atoms with Crippen molar-refractivity contribution in [2.75, 3.05) is 4.90 Å². The zero-order valence-corrected chi connectivity index (χ0v) is 24.8. The summed E-state index contributed by atoms with van der Waals surface area (Å²) >= 11 is 0. The van der Waals surface area contributed by atoms with Crippen LogP contribution in [0.25, 0.3) is 22.7 Å². The smallest absolute Gasteiger partial charge is 0.419 e. The van der Waals surface area contributed by atoms with E-state index in [2.05, 4.69) is 33.1 Å². The number of halogens is 4. The normalized spacial score (nSPS) is 18.3. The molecule has 1 amide bonds. The number of nitrogens with zero attached hydrogens (tertiary/aromatic N) is 5. The van der Waals surface area contributed by atoms with Gasteiger partial charge in [-0.15, -0.1) is 10.2 Å². The highest BCUT2D eigenvalue weighted by Gasteiger charge is 2.43. The summed E-state index contributed by atoms with van der Waals surface area (Å²) in [7, 11) is 0. The molecule has 9 nitrogen and oxygen atoms in total. The molecule has 0 radical (unpaired) electrons. The minimum atomic E-state index is -3.54. The average molecular weight is 633 g/mol. The number of fused-ring (bicyclic) bond motifs is 1. The van der Waals surface area contributed by atoms with Crippen LogP contribution in [-0.4, -0.2) is 33.2 Å². The summed E-state index contributed by atoms with van der Waals surface area (Å²) in [6, 6.07) is 12.6. The molecule has 2 aromatic heterocycles. The maximum Gasteiger partial charge on any atom is 0.419 e. The van der Waals surface area contributed by atoms with Gasteiger partial charge < -0.3 is 19.8 Å². The topological polar surface area (TPSA) is 131 Å². The number of allylic oxidation sites excluding steroid dienone is 1. The molecule has 0 aliphatic carbocycles. The van der Waals surface area contributed by atoms with Gasteiger partial charge in [0.15, 0.2) is 5.67 Å². The molecule has 236 valence electrons. The van der Waals surface area contributed by atoms with Crippen molar-refractivity contribution in [1.82, 2.24) is 15.2 Å². The minimum absolute atomic E-state index is 0.0219. The van der Waals surface area contributed by atoms with Gasteiger partial charge in [0.05, 0.1) is 41.8 Å². The van der Waals surface area contributed by atoms with E-state index in [1.165, 1.54) is 23.1 Å². The van der Waals surface area contributed by atoms with Gasteiger partial charge in [-0.3, -0.25) is 9.78 Å². The van der Waals surface area contributed by atoms with Crippen LogP contribution >= 0.6 is 0 Å². The van der Waals surface area contributed by atoms with E-state index < -0.39 is 41.4 Å². The zero-order valence-electron chi connectivity index (χ0n) is 24.8. The van der Waals surface area contributed by atoms with Crippen LogP contribution in [0, 0.1) is 17.1 Å². The standard InChI is InChI=1S/C33H28F4N6O3/c1-5-32(35)15-25(39)29(44)43(27-13-22(24(34)14-23(27)32)28-41-42-30(45-28)31(3,4)18-38)17-19-7-9-20(10-8-19)26-12-11-21(16-40-26)46-33(36,37)6-2/h5-14,16,25H,1-2,15,17,39H2,3-4H3/t25-,32?/m1/s1. The van der Waals surface area contributed by atoms with Gasteiger partial charge in [-0.2, -0.15) is 14.0 Å². The van der Waals surface area contributed by atoms with Crippen molar-refractivity contribution in [2.24, 2.45) is 5.73 Å². The van der Waals surface area contributed by atoms with E-state index in [0.29, 0.717) is 22.9 Å². The van der Waals surface area contributed by atoms with Gasteiger partial charge in [-0.1, -0.05) is 43.5 Å². The average Bonchev–Trinajstić information content (AvgIpc) is 3.53. The Bertz CT molecular complexity index is 1850. The number of rotatable bonds is 9. The molecule has 1 aliphatic rings. The first-order chi connectivity index (χ1) is 21.7. The van der Waals surface area contributed by atoms with E-state index in [4.69, 9.17) is 10.2 Å². The van der Waals surface area contributed by atoms with E-state index in [0.717, 1.165) is 18.3 Å². The number of hydrogen-bond donors (Lipinski definition) is 1. The van der Waals surface area contributed by atoms with Crippen LogP contribution in [0.2, 0.25) is 0 Å². The molecule has 4 aromatic rings. The number of anilines is 1. The van der Waals surface area contributed by atoms with Crippen molar-refractivity contribution in [2.45, 2.75) is 50.0 Å². The number of nitriles is 1. The molecule has 5 rings (SSSR count). The molecule has 0 fully saturated rings. The zero-order chi connectivity index (χ0) is 33.4. The second-order valence-corrected chi connectivity index (χ2v) is 11.2. The van der Waals surface area contributed by atoms with Gasteiger partial charge in [0.25, 0.3) is 5.89 Å². The minimum Gasteiger partial charge on any atom is -0.428 e. The predicted molar refractivity (Wildman–Crippen MR) is 161 cm³/mol. The fourth-order valence-corrected chi connectivity index (χ4v) is 4.88. The van der Waals surface area contributed by atoms with Gasteiger partial charge >= 0.3 is 6.11 Å². The van der Waals surface area contributed by atoms with Gasteiger partial charge in [-0.25, -0.2) is 8.78 Å². The van der Waals surface area contributed by atoms with Crippen molar-refractivity contribution >= 4 is 11.6 Å². The number of alkyl halides is 3. The maximum absolute atomic E-state index is 16.3. The fourth-order valence-electron chi connectivity index (χ4n) is 4.88. The molecule has 2 aromatic carbocycles. The first kappa shape index (κ1) is 32.1. The Hall–Kier alpha value is -5.35. The Labute approximate surface area is 261 Å². The summed E-state index contributed by atoms with van der Waals surface area (Å²) in [6.07, 6.45) is -1.50. The first-order valence-corrected chi connectivity index (χ1v) is 13.9. The van der Waals surface area contributed by atoms with E-state index in [9.17, 15) is 18.8 Å². The number of pyridine rings is 1. The molecule has 2 atom stereocenters.